The normalized spacial score (nSPS) is 10.9. The van der Waals surface area contributed by atoms with E-state index in [1.54, 1.807) is 25.3 Å². The molecule has 0 aliphatic heterocycles. The first-order valence-electron chi connectivity index (χ1n) is 5.85. The number of methoxy groups -OCH3 is 1. The second-order valence-electron chi connectivity index (χ2n) is 4.22. The Balaban J connectivity index is 2.34. The number of ether oxygens (including phenoxy) is 1. The second-order valence-corrected chi connectivity index (χ2v) is 4.61. The summed E-state index contributed by atoms with van der Waals surface area (Å²) in [6, 6.07) is 9.21. The van der Waals surface area contributed by atoms with Crippen molar-refractivity contribution in [1.29, 1.82) is 0 Å². The van der Waals surface area contributed by atoms with Crippen molar-refractivity contribution in [2.45, 2.75) is 0 Å². The molecule has 0 aliphatic carbocycles. The molecule has 0 fully saturated rings. The average Bonchev–Trinajstić information content (AvgIpc) is 2.77. The van der Waals surface area contributed by atoms with E-state index in [2.05, 4.69) is 4.98 Å². The number of aromatic amines is 1. The van der Waals surface area contributed by atoms with Gasteiger partial charge in [-0.1, -0.05) is 6.07 Å². The Kier molecular flexibility index (Phi) is 3.02. The lowest BCUT2D eigenvalue weighted by Gasteiger charge is -2.07. The van der Waals surface area contributed by atoms with E-state index in [1.165, 1.54) is 16.7 Å². The summed E-state index contributed by atoms with van der Waals surface area (Å²) < 4.78 is 34.2. The summed E-state index contributed by atoms with van der Waals surface area (Å²) >= 11 is 5.19. The maximum absolute atomic E-state index is 13.9. The molecule has 0 spiro atoms. The van der Waals surface area contributed by atoms with Crippen LogP contribution in [0.4, 0.5) is 8.78 Å². The fourth-order valence-corrected chi connectivity index (χ4v) is 2.43. The lowest BCUT2D eigenvalue weighted by Crippen LogP contribution is -1.99. The van der Waals surface area contributed by atoms with E-state index in [-0.39, 0.29) is 10.5 Å². The van der Waals surface area contributed by atoms with Gasteiger partial charge in [-0.3, -0.25) is 4.57 Å². The molecular weight excluding hydrogens is 282 g/mol. The molecule has 2 aromatic carbocycles. The predicted molar refractivity (Wildman–Crippen MR) is 74.9 cm³/mol. The Morgan fingerprint density at radius 2 is 2.00 bits per heavy atom. The zero-order valence-electron chi connectivity index (χ0n) is 10.5. The SMILES string of the molecule is COc1ccc2c(c1)[nH]c(=S)n2-c1cccc(F)c1F. The molecule has 20 heavy (non-hydrogen) atoms. The second kappa shape index (κ2) is 4.72. The highest BCUT2D eigenvalue weighted by atomic mass is 32.1. The molecule has 0 aliphatic rings. The minimum absolute atomic E-state index is 0.0754. The molecule has 1 heterocycles. The van der Waals surface area contributed by atoms with Gasteiger partial charge in [0.25, 0.3) is 0 Å². The Morgan fingerprint density at radius 1 is 1.20 bits per heavy atom. The van der Waals surface area contributed by atoms with Gasteiger partial charge in [-0.15, -0.1) is 0 Å². The van der Waals surface area contributed by atoms with E-state index >= 15 is 0 Å². The number of nitrogens with one attached hydrogen (secondary N) is 1. The summed E-state index contributed by atoms with van der Waals surface area (Å²) in [5, 5.41) is 0. The Bertz CT molecular complexity index is 854. The lowest BCUT2D eigenvalue weighted by molar-refractivity contribution is 0.415. The van der Waals surface area contributed by atoms with Crippen LogP contribution in [0.3, 0.4) is 0 Å². The standard InChI is InChI=1S/C14H10F2N2OS/c1-19-8-5-6-11-10(7-8)17-14(20)18(11)12-4-2-3-9(15)13(12)16/h2-7H,1H3,(H,17,20). The quantitative estimate of drug-likeness (QED) is 0.724. The van der Waals surface area contributed by atoms with Crippen LogP contribution in [0.2, 0.25) is 0 Å². The van der Waals surface area contributed by atoms with Crippen LogP contribution in [0.5, 0.6) is 5.75 Å². The van der Waals surface area contributed by atoms with Crippen molar-refractivity contribution in [3.63, 3.8) is 0 Å². The maximum atomic E-state index is 13.9. The Hall–Kier alpha value is -2.21. The van der Waals surface area contributed by atoms with Gasteiger partial charge in [0.15, 0.2) is 16.4 Å². The van der Waals surface area contributed by atoms with E-state index in [4.69, 9.17) is 17.0 Å². The summed E-state index contributed by atoms with van der Waals surface area (Å²) in [5.74, 6) is -1.19. The van der Waals surface area contributed by atoms with Gasteiger partial charge in [-0.25, -0.2) is 8.78 Å². The summed E-state index contributed by atoms with van der Waals surface area (Å²) in [4.78, 5) is 2.96. The van der Waals surface area contributed by atoms with Crippen LogP contribution in [0.25, 0.3) is 16.7 Å². The van der Waals surface area contributed by atoms with Crippen molar-refractivity contribution >= 4 is 23.3 Å². The van der Waals surface area contributed by atoms with Crippen molar-refractivity contribution in [3.8, 4) is 11.4 Å². The van der Waals surface area contributed by atoms with Gasteiger partial charge < -0.3 is 9.72 Å². The van der Waals surface area contributed by atoms with Crippen molar-refractivity contribution in [2.75, 3.05) is 7.11 Å². The molecule has 3 nitrogen and oxygen atoms in total. The molecule has 3 aromatic rings. The highest BCUT2D eigenvalue weighted by molar-refractivity contribution is 7.71. The number of hydrogen-bond acceptors (Lipinski definition) is 2. The van der Waals surface area contributed by atoms with E-state index < -0.39 is 11.6 Å². The zero-order chi connectivity index (χ0) is 14.3. The summed E-state index contributed by atoms with van der Waals surface area (Å²) in [6.07, 6.45) is 0. The molecule has 0 unspecified atom stereocenters. The number of benzene rings is 2. The molecule has 1 aromatic heterocycles. The van der Waals surface area contributed by atoms with E-state index in [0.29, 0.717) is 16.8 Å². The number of imidazole rings is 1. The molecule has 0 radical (unpaired) electrons. The van der Waals surface area contributed by atoms with Crippen molar-refractivity contribution < 1.29 is 13.5 Å². The third-order valence-corrected chi connectivity index (χ3v) is 3.35. The van der Waals surface area contributed by atoms with Crippen LogP contribution in [0.15, 0.2) is 36.4 Å². The van der Waals surface area contributed by atoms with Crippen LogP contribution in [0, 0.1) is 16.4 Å². The van der Waals surface area contributed by atoms with Crippen LogP contribution in [-0.2, 0) is 0 Å². The number of aromatic nitrogens is 2. The molecule has 1 N–H and O–H groups in total. The average molecular weight is 292 g/mol. The highest BCUT2D eigenvalue weighted by Crippen LogP contribution is 2.25. The highest BCUT2D eigenvalue weighted by Gasteiger charge is 2.14. The third kappa shape index (κ3) is 1.89. The first-order valence-corrected chi connectivity index (χ1v) is 6.26. The molecule has 0 saturated carbocycles. The van der Waals surface area contributed by atoms with E-state index in [0.717, 1.165) is 6.07 Å². The number of hydrogen-bond donors (Lipinski definition) is 1. The molecule has 102 valence electrons. The van der Waals surface area contributed by atoms with Gasteiger partial charge in [0.05, 0.1) is 23.8 Å². The summed E-state index contributed by atoms with van der Waals surface area (Å²) in [6.45, 7) is 0. The smallest absolute Gasteiger partial charge is 0.182 e. The van der Waals surface area contributed by atoms with Gasteiger partial charge in [0.2, 0.25) is 0 Å². The van der Waals surface area contributed by atoms with Gasteiger partial charge in [0, 0.05) is 6.07 Å². The number of halogens is 2. The Morgan fingerprint density at radius 3 is 2.75 bits per heavy atom. The van der Waals surface area contributed by atoms with Crippen molar-refractivity contribution in [1.82, 2.24) is 9.55 Å². The van der Waals surface area contributed by atoms with Crippen LogP contribution >= 0.6 is 12.2 Å². The first kappa shape index (κ1) is 12.8. The fraction of sp³-hybridized carbons (Fsp3) is 0.0714. The first-order chi connectivity index (χ1) is 9.61. The Labute approximate surface area is 118 Å². The maximum Gasteiger partial charge on any atom is 0.182 e. The van der Waals surface area contributed by atoms with E-state index in [1.807, 2.05) is 0 Å². The minimum atomic E-state index is -0.930. The van der Waals surface area contributed by atoms with Gasteiger partial charge in [0.1, 0.15) is 5.75 Å². The number of rotatable bonds is 2. The van der Waals surface area contributed by atoms with Gasteiger partial charge in [-0.2, -0.15) is 0 Å². The molecule has 0 saturated heterocycles. The molecule has 0 amide bonds. The van der Waals surface area contributed by atoms with Crippen LogP contribution in [-0.4, -0.2) is 16.7 Å². The zero-order valence-corrected chi connectivity index (χ0v) is 11.3. The fourth-order valence-electron chi connectivity index (χ4n) is 2.12. The van der Waals surface area contributed by atoms with Crippen LogP contribution < -0.4 is 4.74 Å². The number of nitrogens with zero attached hydrogens (tertiary/aromatic N) is 1. The molecule has 0 bridgehead atoms. The number of H-pyrrole nitrogens is 1. The lowest BCUT2D eigenvalue weighted by atomic mass is 10.2. The molecule has 6 heteroatoms. The summed E-state index contributed by atoms with van der Waals surface area (Å²) in [7, 11) is 1.55. The minimum Gasteiger partial charge on any atom is -0.497 e. The predicted octanol–water partition coefficient (Wildman–Crippen LogP) is 3.97. The largest absolute Gasteiger partial charge is 0.497 e. The van der Waals surface area contributed by atoms with E-state index in [9.17, 15) is 8.78 Å². The molecule has 0 atom stereocenters. The molecule has 3 rings (SSSR count). The third-order valence-electron chi connectivity index (χ3n) is 3.06. The van der Waals surface area contributed by atoms with Crippen molar-refractivity contribution in [2.24, 2.45) is 0 Å². The molecular formula is C14H10F2N2OS. The monoisotopic (exact) mass is 292 g/mol. The number of fused-ring (bicyclic) bond motifs is 1. The van der Waals surface area contributed by atoms with Gasteiger partial charge >= 0.3 is 0 Å². The van der Waals surface area contributed by atoms with Gasteiger partial charge in [-0.05, 0) is 36.5 Å². The summed E-state index contributed by atoms with van der Waals surface area (Å²) in [5.41, 5.74) is 1.42. The van der Waals surface area contributed by atoms with Crippen LogP contribution in [0.1, 0.15) is 0 Å². The van der Waals surface area contributed by atoms with Crippen molar-refractivity contribution in [3.05, 3.63) is 52.8 Å². The topological polar surface area (TPSA) is 29.9 Å².